The summed E-state index contributed by atoms with van der Waals surface area (Å²) in [5.74, 6) is -0.0457. The fraction of sp³-hybridized carbons (Fsp3) is 0.909. The average molecular weight is 231 g/mol. The van der Waals surface area contributed by atoms with Crippen molar-refractivity contribution in [3.8, 4) is 0 Å². The fourth-order valence-corrected chi connectivity index (χ4v) is 1.56. The van der Waals surface area contributed by atoms with Crippen molar-refractivity contribution in [3.05, 3.63) is 0 Å². The van der Waals surface area contributed by atoms with E-state index in [1.807, 2.05) is 32.8 Å². The van der Waals surface area contributed by atoms with Crippen LogP contribution in [-0.2, 0) is 4.79 Å². The molecule has 0 heterocycles. The lowest BCUT2D eigenvalue weighted by Crippen LogP contribution is -2.48. The Balaban J connectivity index is 3.76. The van der Waals surface area contributed by atoms with Crippen molar-refractivity contribution >= 4 is 5.91 Å². The van der Waals surface area contributed by atoms with Gasteiger partial charge in [0.1, 0.15) is 0 Å². The van der Waals surface area contributed by atoms with Gasteiger partial charge in [-0.25, -0.2) is 0 Å². The van der Waals surface area contributed by atoms with E-state index in [0.717, 1.165) is 0 Å². The van der Waals surface area contributed by atoms with Crippen molar-refractivity contribution in [2.45, 2.75) is 32.4 Å². The van der Waals surface area contributed by atoms with Crippen LogP contribution in [0, 0.1) is 0 Å². The molecule has 0 saturated heterocycles. The molecule has 0 aromatic carbocycles. The maximum absolute atomic E-state index is 11.3. The molecule has 1 unspecified atom stereocenters. The lowest BCUT2D eigenvalue weighted by Gasteiger charge is -2.27. The maximum atomic E-state index is 11.3. The van der Waals surface area contributed by atoms with E-state index in [9.17, 15) is 9.90 Å². The van der Waals surface area contributed by atoms with E-state index in [1.165, 1.54) is 0 Å². The summed E-state index contributed by atoms with van der Waals surface area (Å²) in [6.07, 6.45) is 0. The van der Waals surface area contributed by atoms with Crippen molar-refractivity contribution in [1.82, 2.24) is 15.5 Å². The smallest absolute Gasteiger partial charge is 0.234 e. The minimum absolute atomic E-state index is 0.0457. The number of amides is 1. The number of carbonyl (C=O) groups excluding carboxylic acids is 1. The second-order valence-corrected chi connectivity index (χ2v) is 5.06. The van der Waals surface area contributed by atoms with E-state index in [2.05, 4.69) is 10.6 Å². The molecule has 0 aliphatic carbocycles. The molecule has 0 fully saturated rings. The van der Waals surface area contributed by atoms with Crippen LogP contribution < -0.4 is 10.6 Å². The Bertz CT molecular complexity index is 215. The molecule has 3 N–H and O–H groups in total. The van der Waals surface area contributed by atoms with Crippen LogP contribution in [0.5, 0.6) is 0 Å². The highest BCUT2D eigenvalue weighted by Crippen LogP contribution is 2.01. The molecule has 1 amide bonds. The zero-order chi connectivity index (χ0) is 12.8. The first-order valence-electron chi connectivity index (χ1n) is 5.60. The average Bonchev–Trinajstić information content (AvgIpc) is 1.98. The predicted octanol–water partition coefficient (Wildman–Crippen LogP) is -0.587. The van der Waals surface area contributed by atoms with E-state index < -0.39 is 5.60 Å². The Kier molecular flexibility index (Phi) is 6.55. The highest BCUT2D eigenvalue weighted by molar-refractivity contribution is 5.78. The van der Waals surface area contributed by atoms with Gasteiger partial charge < -0.3 is 20.6 Å². The standard InChI is InChI=1S/C11H25N3O2/c1-9(2)13-10(15)6-12-7-11(3,16)8-14(4)5/h9,12,16H,6-8H2,1-5H3,(H,13,15). The number of hydrogen-bond donors (Lipinski definition) is 3. The lowest BCUT2D eigenvalue weighted by atomic mass is 10.1. The number of nitrogens with one attached hydrogen (secondary N) is 2. The number of nitrogens with zero attached hydrogens (tertiary/aromatic N) is 1. The molecule has 0 aromatic heterocycles. The summed E-state index contributed by atoms with van der Waals surface area (Å²) in [5.41, 5.74) is -0.818. The van der Waals surface area contributed by atoms with E-state index >= 15 is 0 Å². The second-order valence-electron chi connectivity index (χ2n) is 5.06. The third-order valence-electron chi connectivity index (χ3n) is 1.90. The molecule has 0 saturated carbocycles. The third-order valence-corrected chi connectivity index (χ3v) is 1.90. The molecule has 5 heteroatoms. The molecular weight excluding hydrogens is 206 g/mol. The predicted molar refractivity (Wildman–Crippen MR) is 65.3 cm³/mol. The number of carbonyl (C=O) groups is 1. The second kappa shape index (κ2) is 6.83. The Morgan fingerprint density at radius 2 is 2.00 bits per heavy atom. The number of hydrogen-bond acceptors (Lipinski definition) is 4. The summed E-state index contributed by atoms with van der Waals surface area (Å²) in [6.45, 7) is 6.78. The molecule has 0 spiro atoms. The summed E-state index contributed by atoms with van der Waals surface area (Å²) in [4.78, 5) is 13.2. The van der Waals surface area contributed by atoms with Crippen molar-refractivity contribution in [3.63, 3.8) is 0 Å². The highest BCUT2D eigenvalue weighted by Gasteiger charge is 2.20. The lowest BCUT2D eigenvalue weighted by molar-refractivity contribution is -0.120. The van der Waals surface area contributed by atoms with E-state index in [4.69, 9.17) is 0 Å². The Morgan fingerprint density at radius 1 is 1.44 bits per heavy atom. The molecule has 96 valence electrons. The summed E-state index contributed by atoms with van der Waals surface area (Å²) in [5, 5.41) is 15.7. The molecule has 0 aromatic rings. The number of aliphatic hydroxyl groups is 1. The summed E-state index contributed by atoms with van der Waals surface area (Å²) < 4.78 is 0. The van der Waals surface area contributed by atoms with Crippen LogP contribution in [0.25, 0.3) is 0 Å². The summed E-state index contributed by atoms with van der Waals surface area (Å²) in [7, 11) is 3.81. The van der Waals surface area contributed by atoms with Crippen molar-refractivity contribution in [1.29, 1.82) is 0 Å². The first kappa shape index (κ1) is 15.3. The monoisotopic (exact) mass is 231 g/mol. The largest absolute Gasteiger partial charge is 0.388 e. The number of rotatable bonds is 7. The van der Waals surface area contributed by atoms with Gasteiger partial charge in [-0.3, -0.25) is 4.79 Å². The van der Waals surface area contributed by atoms with Crippen LogP contribution in [0.2, 0.25) is 0 Å². The zero-order valence-corrected chi connectivity index (χ0v) is 11.0. The van der Waals surface area contributed by atoms with Gasteiger partial charge in [-0.15, -0.1) is 0 Å². The third kappa shape index (κ3) is 8.64. The fourth-order valence-electron chi connectivity index (χ4n) is 1.56. The van der Waals surface area contributed by atoms with Crippen LogP contribution in [0.3, 0.4) is 0 Å². The normalized spacial score (nSPS) is 15.2. The van der Waals surface area contributed by atoms with Crippen LogP contribution in [0.1, 0.15) is 20.8 Å². The molecule has 0 aliphatic heterocycles. The maximum Gasteiger partial charge on any atom is 0.234 e. The molecule has 5 nitrogen and oxygen atoms in total. The Hall–Kier alpha value is -0.650. The molecule has 1 atom stereocenters. The van der Waals surface area contributed by atoms with E-state index in [1.54, 1.807) is 6.92 Å². The zero-order valence-electron chi connectivity index (χ0n) is 11.0. The molecule has 0 aliphatic rings. The number of likely N-dealkylation sites (N-methyl/N-ethyl adjacent to an activating group) is 1. The minimum atomic E-state index is -0.818. The molecular formula is C11H25N3O2. The summed E-state index contributed by atoms with van der Waals surface area (Å²) in [6, 6.07) is 0.150. The topological polar surface area (TPSA) is 64.6 Å². The van der Waals surface area contributed by atoms with Gasteiger partial charge in [0.2, 0.25) is 5.91 Å². The van der Waals surface area contributed by atoms with Gasteiger partial charge in [0.25, 0.3) is 0 Å². The van der Waals surface area contributed by atoms with Crippen molar-refractivity contribution in [2.75, 3.05) is 33.7 Å². The van der Waals surface area contributed by atoms with Gasteiger partial charge >= 0.3 is 0 Å². The molecule has 16 heavy (non-hydrogen) atoms. The minimum Gasteiger partial charge on any atom is -0.388 e. The van der Waals surface area contributed by atoms with Crippen LogP contribution >= 0.6 is 0 Å². The summed E-state index contributed by atoms with van der Waals surface area (Å²) >= 11 is 0. The van der Waals surface area contributed by atoms with Gasteiger partial charge in [0.15, 0.2) is 0 Å². The van der Waals surface area contributed by atoms with E-state index in [0.29, 0.717) is 13.1 Å². The van der Waals surface area contributed by atoms with Gasteiger partial charge in [-0.1, -0.05) is 0 Å². The van der Waals surface area contributed by atoms with Crippen LogP contribution in [0.15, 0.2) is 0 Å². The van der Waals surface area contributed by atoms with Gasteiger partial charge in [-0.2, -0.15) is 0 Å². The quantitative estimate of drug-likeness (QED) is 0.548. The van der Waals surface area contributed by atoms with Crippen LogP contribution in [-0.4, -0.2) is 61.3 Å². The van der Waals surface area contributed by atoms with Gasteiger partial charge in [-0.05, 0) is 34.9 Å². The molecule has 0 bridgehead atoms. The molecule has 0 radical (unpaired) electrons. The van der Waals surface area contributed by atoms with Gasteiger partial charge in [0.05, 0.1) is 12.1 Å². The van der Waals surface area contributed by atoms with E-state index in [-0.39, 0.29) is 18.5 Å². The first-order valence-corrected chi connectivity index (χ1v) is 5.60. The van der Waals surface area contributed by atoms with Crippen LogP contribution in [0.4, 0.5) is 0 Å². The highest BCUT2D eigenvalue weighted by atomic mass is 16.3. The molecule has 0 rings (SSSR count). The van der Waals surface area contributed by atoms with Gasteiger partial charge in [0, 0.05) is 19.1 Å². The SMILES string of the molecule is CC(C)NC(=O)CNCC(C)(O)CN(C)C. The first-order chi connectivity index (χ1) is 7.23. The Labute approximate surface area is 98.2 Å². The van der Waals surface area contributed by atoms with Crippen molar-refractivity contribution < 1.29 is 9.90 Å². The Morgan fingerprint density at radius 3 is 2.44 bits per heavy atom. The van der Waals surface area contributed by atoms with Crippen molar-refractivity contribution in [2.24, 2.45) is 0 Å².